The number of hydrogen-bond acceptors (Lipinski definition) is 6. The Kier molecular flexibility index (Phi) is 4.95. The quantitative estimate of drug-likeness (QED) is 0.342. The van der Waals surface area contributed by atoms with Crippen molar-refractivity contribution in [3.63, 3.8) is 0 Å². The summed E-state index contributed by atoms with van der Waals surface area (Å²) in [4.78, 5) is 26.2. The van der Waals surface area contributed by atoms with E-state index in [4.69, 9.17) is 9.15 Å². The molecule has 5 aromatic rings. The van der Waals surface area contributed by atoms with Gasteiger partial charge in [0.25, 0.3) is 0 Å². The molecule has 8 heteroatoms. The number of hydrogen-bond donors (Lipinski definition) is 0. The summed E-state index contributed by atoms with van der Waals surface area (Å²) in [5.41, 5.74) is 2.40. The number of oxazole rings is 1. The fourth-order valence-corrected chi connectivity index (χ4v) is 4.24. The second-order valence-corrected chi connectivity index (χ2v) is 8.63. The van der Waals surface area contributed by atoms with Gasteiger partial charge in [-0.1, -0.05) is 6.07 Å². The molecule has 0 bridgehead atoms. The van der Waals surface area contributed by atoms with Crippen LogP contribution in [0.5, 0.6) is 5.75 Å². The van der Waals surface area contributed by atoms with Gasteiger partial charge >= 0.3 is 5.69 Å². The minimum absolute atomic E-state index is 0.112. The number of methoxy groups -OCH3 is 1. The Bertz CT molecular complexity index is 1650. The highest BCUT2D eigenvalue weighted by Crippen LogP contribution is 2.39. The summed E-state index contributed by atoms with van der Waals surface area (Å²) >= 11 is 0. The maximum atomic E-state index is 14.6. The molecule has 1 aliphatic rings. The topological polar surface area (TPSA) is 83.0 Å². The number of nitrogens with zero attached hydrogens (tertiary/aromatic N) is 4. The van der Waals surface area contributed by atoms with Crippen LogP contribution in [0.15, 0.2) is 70.1 Å². The van der Waals surface area contributed by atoms with E-state index in [1.54, 1.807) is 18.5 Å². The summed E-state index contributed by atoms with van der Waals surface area (Å²) in [6.07, 6.45) is 5.49. The number of halogens is 1. The van der Waals surface area contributed by atoms with Crippen LogP contribution in [0, 0.1) is 12.7 Å². The fraction of sp³-hybridized carbons (Fsp3) is 0.185. The van der Waals surface area contributed by atoms with Gasteiger partial charge in [-0.15, -0.1) is 0 Å². The second kappa shape index (κ2) is 8.16. The molecule has 0 N–H and O–H groups in total. The lowest BCUT2D eigenvalue weighted by Crippen LogP contribution is -2.22. The van der Waals surface area contributed by atoms with Gasteiger partial charge in [-0.05, 0) is 67.6 Å². The molecule has 0 amide bonds. The van der Waals surface area contributed by atoms with E-state index in [-0.39, 0.29) is 17.3 Å². The van der Waals surface area contributed by atoms with Crippen LogP contribution in [0.1, 0.15) is 30.1 Å². The predicted molar refractivity (Wildman–Crippen MR) is 129 cm³/mol. The number of pyridine rings is 1. The first-order valence-corrected chi connectivity index (χ1v) is 11.3. The Morgan fingerprint density at radius 1 is 1.06 bits per heavy atom. The summed E-state index contributed by atoms with van der Waals surface area (Å²) in [6, 6.07) is 14.0. The number of aromatic nitrogens is 4. The van der Waals surface area contributed by atoms with Gasteiger partial charge in [0.15, 0.2) is 23.1 Å². The molecule has 3 aromatic heterocycles. The Balaban J connectivity index is 1.53. The second-order valence-electron chi connectivity index (χ2n) is 8.63. The molecular weight excluding hydrogens is 447 g/mol. The largest absolute Gasteiger partial charge is 0.494 e. The first-order chi connectivity index (χ1) is 17.0. The van der Waals surface area contributed by atoms with Gasteiger partial charge in [0.2, 0.25) is 5.89 Å². The monoisotopic (exact) mass is 468 g/mol. The number of fused-ring (bicyclic) bond motifs is 1. The summed E-state index contributed by atoms with van der Waals surface area (Å²) in [5, 5.41) is 2.01. The highest BCUT2D eigenvalue weighted by Gasteiger charge is 2.27. The fourth-order valence-electron chi connectivity index (χ4n) is 4.24. The molecule has 7 nitrogen and oxygen atoms in total. The van der Waals surface area contributed by atoms with Crippen molar-refractivity contribution in [3.8, 4) is 34.3 Å². The number of benzene rings is 2. The van der Waals surface area contributed by atoms with Crippen molar-refractivity contribution in [3.05, 3.63) is 88.6 Å². The molecule has 0 atom stereocenters. The third-order valence-corrected chi connectivity index (χ3v) is 6.28. The molecule has 1 saturated carbocycles. The van der Waals surface area contributed by atoms with Crippen LogP contribution in [0.4, 0.5) is 4.39 Å². The molecular formula is C27H21FN4O3. The highest BCUT2D eigenvalue weighted by molar-refractivity contribution is 5.88. The zero-order valence-electron chi connectivity index (χ0n) is 19.2. The molecule has 0 radical (unpaired) electrons. The number of rotatable bonds is 5. The Morgan fingerprint density at radius 2 is 1.89 bits per heavy atom. The van der Waals surface area contributed by atoms with Gasteiger partial charge in [0.05, 0.1) is 12.8 Å². The Labute approximate surface area is 199 Å². The van der Waals surface area contributed by atoms with Gasteiger partial charge < -0.3 is 9.15 Å². The molecule has 1 aliphatic carbocycles. The van der Waals surface area contributed by atoms with Crippen molar-refractivity contribution in [2.24, 2.45) is 0 Å². The van der Waals surface area contributed by atoms with Gasteiger partial charge in [0.1, 0.15) is 0 Å². The van der Waals surface area contributed by atoms with E-state index in [1.807, 2.05) is 37.3 Å². The molecule has 0 saturated heterocycles. The molecule has 0 aliphatic heterocycles. The molecule has 0 spiro atoms. The Hall–Kier alpha value is -4.33. The van der Waals surface area contributed by atoms with Crippen LogP contribution >= 0.6 is 0 Å². The van der Waals surface area contributed by atoms with E-state index < -0.39 is 11.5 Å². The predicted octanol–water partition coefficient (Wildman–Crippen LogP) is 5.44. The lowest BCUT2D eigenvalue weighted by molar-refractivity contribution is 0.386. The number of ether oxygens (including phenoxy) is 1. The summed E-state index contributed by atoms with van der Waals surface area (Å²) in [5.74, 6) is 0.723. The van der Waals surface area contributed by atoms with E-state index in [9.17, 15) is 9.18 Å². The van der Waals surface area contributed by atoms with Crippen molar-refractivity contribution in [2.75, 3.05) is 7.11 Å². The van der Waals surface area contributed by atoms with Crippen molar-refractivity contribution < 1.29 is 13.5 Å². The zero-order valence-corrected chi connectivity index (χ0v) is 19.2. The normalized spacial score (nSPS) is 13.3. The van der Waals surface area contributed by atoms with E-state index in [1.165, 1.54) is 23.8 Å². The van der Waals surface area contributed by atoms with E-state index in [0.717, 1.165) is 40.6 Å². The van der Waals surface area contributed by atoms with E-state index in [0.29, 0.717) is 17.4 Å². The third kappa shape index (κ3) is 3.77. The summed E-state index contributed by atoms with van der Waals surface area (Å²) in [7, 11) is 1.40. The molecule has 0 unspecified atom stereocenters. The van der Waals surface area contributed by atoms with E-state index in [2.05, 4.69) is 15.0 Å². The van der Waals surface area contributed by atoms with Gasteiger partial charge in [-0.2, -0.15) is 9.97 Å². The van der Waals surface area contributed by atoms with Crippen LogP contribution in [-0.2, 0) is 0 Å². The standard InChI is InChI=1S/C27H21FN4O3/c1-15-20-7-5-19(13-17(20)9-11-29-15)26-31-25(32-12-10-22(16-3-4-16)30-27(32)33)24(35-26)18-6-8-23(34-2)21(28)14-18/h5-14,16H,3-4H2,1-2H3. The smallest absolute Gasteiger partial charge is 0.353 e. The average molecular weight is 468 g/mol. The summed E-state index contributed by atoms with van der Waals surface area (Å²) in [6.45, 7) is 1.95. The van der Waals surface area contributed by atoms with Crippen molar-refractivity contribution in [1.29, 1.82) is 0 Å². The summed E-state index contributed by atoms with van der Waals surface area (Å²) < 4.78 is 27.1. The highest BCUT2D eigenvalue weighted by atomic mass is 19.1. The third-order valence-electron chi connectivity index (χ3n) is 6.28. The van der Waals surface area contributed by atoms with Gasteiger partial charge in [-0.25, -0.2) is 13.8 Å². The molecule has 35 heavy (non-hydrogen) atoms. The minimum atomic E-state index is -0.544. The number of aryl methyl sites for hydroxylation is 1. The average Bonchev–Trinajstić information content (AvgIpc) is 3.62. The molecule has 1 fully saturated rings. The van der Waals surface area contributed by atoms with Crippen LogP contribution in [0.2, 0.25) is 0 Å². The van der Waals surface area contributed by atoms with Gasteiger partial charge in [-0.3, -0.25) is 4.98 Å². The van der Waals surface area contributed by atoms with E-state index >= 15 is 0 Å². The van der Waals surface area contributed by atoms with Crippen LogP contribution in [-0.4, -0.2) is 26.6 Å². The lowest BCUT2D eigenvalue weighted by Gasteiger charge is -2.06. The SMILES string of the molecule is COc1ccc(-c2oc(-c3ccc4c(C)nccc4c3)nc2-n2ccc(C3CC3)nc2=O)cc1F. The zero-order chi connectivity index (χ0) is 24.1. The van der Waals surface area contributed by atoms with Crippen molar-refractivity contribution in [2.45, 2.75) is 25.7 Å². The van der Waals surface area contributed by atoms with Crippen LogP contribution in [0.3, 0.4) is 0 Å². The first-order valence-electron chi connectivity index (χ1n) is 11.3. The lowest BCUT2D eigenvalue weighted by atomic mass is 10.1. The van der Waals surface area contributed by atoms with Crippen molar-refractivity contribution in [1.82, 2.24) is 19.5 Å². The maximum Gasteiger partial charge on any atom is 0.353 e. The minimum Gasteiger partial charge on any atom is -0.494 e. The first kappa shape index (κ1) is 21.2. The van der Waals surface area contributed by atoms with Crippen molar-refractivity contribution >= 4 is 10.8 Å². The molecule has 174 valence electrons. The maximum absolute atomic E-state index is 14.6. The van der Waals surface area contributed by atoms with Crippen LogP contribution in [0.25, 0.3) is 39.4 Å². The molecule has 2 aromatic carbocycles. The Morgan fingerprint density at radius 3 is 2.63 bits per heavy atom. The van der Waals surface area contributed by atoms with Crippen LogP contribution < -0.4 is 10.4 Å². The van der Waals surface area contributed by atoms with Gasteiger partial charge in [0, 0.05) is 40.5 Å². The molecule has 6 rings (SSSR count). The molecule has 3 heterocycles.